The molecule has 0 aromatic rings. The Labute approximate surface area is 666 Å². The molecule has 0 aromatic heterocycles. The Hall–Kier alpha value is -3.29. The second-order valence-electron chi connectivity index (χ2n) is 31.3. The van der Waals surface area contributed by atoms with E-state index in [1.165, 1.54) is 205 Å². The average Bonchev–Trinajstić information content (AvgIpc) is 0.784. The minimum atomic E-state index is -1.98. The van der Waals surface area contributed by atoms with Crippen LogP contribution in [0.2, 0.25) is 0 Å². The van der Waals surface area contributed by atoms with Crippen molar-refractivity contribution in [1.82, 2.24) is 5.32 Å². The lowest BCUT2D eigenvalue weighted by molar-refractivity contribution is -0.379. The van der Waals surface area contributed by atoms with Crippen LogP contribution in [0.4, 0.5) is 0 Å². The zero-order valence-corrected chi connectivity index (χ0v) is 68.7. The number of carbonyl (C=O) groups is 1. The van der Waals surface area contributed by atoms with Gasteiger partial charge in [-0.05, 0) is 77.0 Å². The summed E-state index contributed by atoms with van der Waals surface area (Å²) >= 11 is 0. The number of allylic oxidation sites excluding steroid dienone is 16. The van der Waals surface area contributed by atoms with E-state index in [2.05, 4.69) is 116 Å². The van der Waals surface area contributed by atoms with E-state index in [4.69, 9.17) is 28.4 Å². The molecule has 0 spiro atoms. The Morgan fingerprint density at radius 3 is 0.982 bits per heavy atom. The molecule has 0 bridgehead atoms. The fraction of sp³-hybridized carbons (Fsp3) is 0.813. The molecule has 3 saturated heterocycles. The second kappa shape index (κ2) is 70.0. The van der Waals surface area contributed by atoms with E-state index in [9.17, 15) is 61.0 Å². The zero-order chi connectivity index (χ0) is 79.5. The molecule has 0 radical (unpaired) electrons. The van der Waals surface area contributed by atoms with Crippen LogP contribution in [0.15, 0.2) is 97.2 Å². The third kappa shape index (κ3) is 48.3. The molecule has 110 heavy (non-hydrogen) atoms. The number of amides is 1. The number of aliphatic hydroxyl groups excluding tert-OH is 11. The summed E-state index contributed by atoms with van der Waals surface area (Å²) in [6.07, 6.45) is 69.3. The highest BCUT2D eigenvalue weighted by molar-refractivity contribution is 5.76. The first-order valence-electron chi connectivity index (χ1n) is 44.5. The van der Waals surface area contributed by atoms with Gasteiger partial charge in [0, 0.05) is 6.42 Å². The van der Waals surface area contributed by atoms with Crippen LogP contribution in [0.3, 0.4) is 0 Å². The van der Waals surface area contributed by atoms with Crippen molar-refractivity contribution in [3.63, 3.8) is 0 Å². The maximum atomic E-state index is 13.5. The lowest BCUT2D eigenvalue weighted by Gasteiger charge is -2.48. The molecular formula is C91H161NO18. The van der Waals surface area contributed by atoms with Crippen molar-refractivity contribution in [3.8, 4) is 0 Å². The first-order chi connectivity index (χ1) is 53.8. The van der Waals surface area contributed by atoms with Gasteiger partial charge in [0.2, 0.25) is 5.91 Å². The van der Waals surface area contributed by atoms with Crippen molar-refractivity contribution in [1.29, 1.82) is 0 Å². The van der Waals surface area contributed by atoms with E-state index in [0.717, 1.165) is 103 Å². The molecule has 19 nitrogen and oxygen atoms in total. The number of aliphatic hydroxyl groups is 11. The largest absolute Gasteiger partial charge is 0.394 e. The summed E-state index contributed by atoms with van der Waals surface area (Å²) in [4.78, 5) is 13.5. The zero-order valence-electron chi connectivity index (χ0n) is 68.7. The molecule has 12 N–H and O–H groups in total. The van der Waals surface area contributed by atoms with E-state index in [1.807, 2.05) is 0 Å². The summed E-state index contributed by atoms with van der Waals surface area (Å²) in [5.41, 5.74) is 0. The highest BCUT2D eigenvalue weighted by Crippen LogP contribution is 2.34. The van der Waals surface area contributed by atoms with E-state index >= 15 is 0 Å². The molecule has 0 saturated carbocycles. The topological polar surface area (TPSA) is 307 Å². The summed E-state index contributed by atoms with van der Waals surface area (Å²) < 4.78 is 34.6. The van der Waals surface area contributed by atoms with Gasteiger partial charge in [0.1, 0.15) is 73.2 Å². The van der Waals surface area contributed by atoms with Crippen molar-refractivity contribution in [2.75, 3.05) is 26.4 Å². The quantitative estimate of drug-likeness (QED) is 0.0199. The number of nitrogens with one attached hydrogen (secondary N) is 1. The predicted octanol–water partition coefficient (Wildman–Crippen LogP) is 16.7. The van der Waals surface area contributed by atoms with Gasteiger partial charge in [0.25, 0.3) is 0 Å². The molecule has 17 atom stereocenters. The van der Waals surface area contributed by atoms with Gasteiger partial charge in [-0.2, -0.15) is 0 Å². The number of carbonyl (C=O) groups excluding carboxylic acids is 1. The Morgan fingerprint density at radius 2 is 0.627 bits per heavy atom. The molecule has 3 aliphatic heterocycles. The fourth-order valence-electron chi connectivity index (χ4n) is 14.6. The Kier molecular flexibility index (Phi) is 64.2. The maximum absolute atomic E-state index is 13.5. The molecule has 3 aliphatic rings. The van der Waals surface area contributed by atoms with Gasteiger partial charge in [-0.1, -0.05) is 355 Å². The van der Waals surface area contributed by atoms with Gasteiger partial charge in [-0.15, -0.1) is 0 Å². The average molecular weight is 1560 g/mol. The number of rotatable bonds is 71. The van der Waals surface area contributed by atoms with Gasteiger partial charge in [-0.25, -0.2) is 0 Å². The highest BCUT2D eigenvalue weighted by atomic mass is 16.8. The van der Waals surface area contributed by atoms with Gasteiger partial charge >= 0.3 is 0 Å². The van der Waals surface area contributed by atoms with Crippen molar-refractivity contribution in [3.05, 3.63) is 97.2 Å². The minimum absolute atomic E-state index is 0.244. The van der Waals surface area contributed by atoms with Crippen molar-refractivity contribution in [2.45, 2.75) is 446 Å². The normalized spacial score (nSPS) is 25.6. The van der Waals surface area contributed by atoms with Crippen LogP contribution in [0.25, 0.3) is 0 Å². The van der Waals surface area contributed by atoms with Crippen LogP contribution < -0.4 is 5.32 Å². The SMILES string of the molecule is CC/C=C\C/C=C\C/C=C\C/C=C\C/C=C\C/C=C\C/C=C\C/C=C\CCCCCCCCCCCCCCC(=O)NC(COC1OC(CO)C(OC2OC(CO)C(OC3OC(CO)C(O)C(O)C3O)C(O)C2O)C(O)C1O)C(O)CCCCCCCCCCCCCCCCCCCCCCCCCCCCCC. The van der Waals surface area contributed by atoms with Gasteiger partial charge in [0.15, 0.2) is 18.9 Å². The molecule has 19 heteroatoms. The van der Waals surface area contributed by atoms with E-state index in [0.29, 0.717) is 12.8 Å². The molecule has 3 rings (SSSR count). The van der Waals surface area contributed by atoms with Crippen LogP contribution >= 0.6 is 0 Å². The summed E-state index contributed by atoms with van der Waals surface area (Å²) in [5.74, 6) is -0.244. The highest BCUT2D eigenvalue weighted by Gasteiger charge is 2.54. The Bertz CT molecular complexity index is 2360. The number of ether oxygens (including phenoxy) is 6. The fourth-order valence-corrected chi connectivity index (χ4v) is 14.6. The maximum Gasteiger partial charge on any atom is 0.220 e. The summed E-state index contributed by atoms with van der Waals surface area (Å²) in [5, 5.41) is 121. The lowest BCUT2D eigenvalue weighted by atomic mass is 9.96. The molecule has 1 amide bonds. The van der Waals surface area contributed by atoms with Crippen molar-refractivity contribution < 1.29 is 89.4 Å². The van der Waals surface area contributed by atoms with Gasteiger partial charge < -0.3 is 89.9 Å². The third-order valence-corrected chi connectivity index (χ3v) is 21.7. The number of hydrogen-bond donors (Lipinski definition) is 12. The molecule has 3 heterocycles. The van der Waals surface area contributed by atoms with E-state index < -0.39 is 124 Å². The molecule has 17 unspecified atom stereocenters. The Balaban J connectivity index is 1.33. The van der Waals surface area contributed by atoms with E-state index in [1.54, 1.807) is 0 Å². The lowest BCUT2D eigenvalue weighted by Crippen LogP contribution is -2.66. The monoisotopic (exact) mass is 1560 g/mol. The van der Waals surface area contributed by atoms with Crippen LogP contribution in [0.1, 0.15) is 341 Å². The van der Waals surface area contributed by atoms with Crippen LogP contribution in [-0.4, -0.2) is 193 Å². The van der Waals surface area contributed by atoms with Crippen LogP contribution in [-0.2, 0) is 33.2 Å². The smallest absolute Gasteiger partial charge is 0.220 e. The second-order valence-corrected chi connectivity index (χ2v) is 31.3. The van der Waals surface area contributed by atoms with Gasteiger partial charge in [-0.3, -0.25) is 4.79 Å². The molecule has 638 valence electrons. The molecule has 0 aliphatic carbocycles. The first kappa shape index (κ1) is 101. The Morgan fingerprint density at radius 1 is 0.336 bits per heavy atom. The minimum Gasteiger partial charge on any atom is -0.394 e. The van der Waals surface area contributed by atoms with Crippen molar-refractivity contribution >= 4 is 5.91 Å². The summed E-state index contributed by atoms with van der Waals surface area (Å²) in [6, 6.07) is -0.896. The molecule has 0 aromatic carbocycles. The molecule has 3 fully saturated rings. The van der Waals surface area contributed by atoms with Crippen LogP contribution in [0.5, 0.6) is 0 Å². The summed E-state index contributed by atoms with van der Waals surface area (Å²) in [6.45, 7) is 1.73. The standard InChI is InChI=1S/C91H161NO18/c1-3-5-7-9-11-13-15-17-19-21-23-25-27-29-31-33-34-35-36-37-38-39-40-41-43-45-47-49-51-53-55-57-59-61-63-65-67-69-79(97)92-74(75(96)68-66-64-62-60-58-56-54-52-50-48-46-44-42-32-30-28-26-24-22-20-18-16-14-12-10-8-6-4-2)73-105-89-85(103)82(100)87(77(71-94)107-89)110-91-86(104)83(101)88(78(72-95)108-91)109-90-84(102)81(99)80(98)76(70-93)106-90/h5,7,11,13,17,19,23,25,29,31,34-35,37-38,40-41,74-78,80-91,93-96,98-104H,3-4,6,8-10,12,14-16,18,20-22,24,26-28,30,32-33,36,39,42-73H2,1-2H3,(H,92,97)/b7-5-,13-11-,19-17-,25-23-,31-29-,35-34-,38-37-,41-40-. The van der Waals surface area contributed by atoms with Crippen LogP contribution in [0, 0.1) is 0 Å². The number of hydrogen-bond acceptors (Lipinski definition) is 18. The van der Waals surface area contributed by atoms with E-state index in [-0.39, 0.29) is 18.9 Å². The number of unbranched alkanes of at least 4 members (excludes halogenated alkanes) is 39. The predicted molar refractivity (Wildman–Crippen MR) is 443 cm³/mol. The van der Waals surface area contributed by atoms with Gasteiger partial charge in [0.05, 0.1) is 38.6 Å². The molecular weight excluding hydrogens is 1390 g/mol. The third-order valence-electron chi connectivity index (χ3n) is 21.7. The summed E-state index contributed by atoms with van der Waals surface area (Å²) in [7, 11) is 0. The first-order valence-corrected chi connectivity index (χ1v) is 44.5. The van der Waals surface area contributed by atoms with Crippen molar-refractivity contribution in [2.24, 2.45) is 0 Å².